The van der Waals surface area contributed by atoms with Crippen molar-refractivity contribution >= 4 is 17.3 Å². The third kappa shape index (κ3) is 2.90. The highest BCUT2D eigenvalue weighted by molar-refractivity contribution is 7.13. The van der Waals surface area contributed by atoms with Gasteiger partial charge in [0.15, 0.2) is 5.82 Å². The maximum Gasteiger partial charge on any atom is 0.306 e. The van der Waals surface area contributed by atoms with Crippen molar-refractivity contribution in [2.45, 2.75) is 19.1 Å². The molecule has 7 nitrogen and oxygen atoms in total. The zero-order chi connectivity index (χ0) is 13.0. The minimum Gasteiger partial charge on any atom is -0.481 e. The van der Waals surface area contributed by atoms with Crippen LogP contribution in [0.4, 0.5) is 0 Å². The molecule has 0 aliphatic heterocycles. The fourth-order valence-electron chi connectivity index (χ4n) is 1.52. The highest BCUT2D eigenvalue weighted by Crippen LogP contribution is 2.21. The standard InChI is InChI=1S/C10H12N4O3S/c1-17-7(5-9(15)16)6-14-10(11-12-13-14)8-3-2-4-18-8/h2-4,7H,5-6H2,1H3,(H,15,16). The fraction of sp³-hybridized carbons (Fsp3) is 0.400. The van der Waals surface area contributed by atoms with Crippen molar-refractivity contribution in [2.75, 3.05) is 7.11 Å². The Morgan fingerprint density at radius 1 is 1.67 bits per heavy atom. The Kier molecular flexibility index (Phi) is 4.00. The average Bonchev–Trinajstić information content (AvgIpc) is 2.96. The van der Waals surface area contributed by atoms with E-state index < -0.39 is 12.1 Å². The number of ether oxygens (including phenoxy) is 1. The predicted octanol–water partition coefficient (Wildman–Crippen LogP) is 0.891. The van der Waals surface area contributed by atoms with Crippen LogP contribution in [0.2, 0.25) is 0 Å². The molecule has 2 aromatic heterocycles. The SMILES string of the molecule is COC(CC(=O)O)Cn1nnnc1-c1cccs1. The molecule has 0 amide bonds. The lowest BCUT2D eigenvalue weighted by atomic mass is 10.2. The van der Waals surface area contributed by atoms with E-state index in [-0.39, 0.29) is 6.42 Å². The predicted molar refractivity (Wildman–Crippen MR) is 64.2 cm³/mol. The van der Waals surface area contributed by atoms with E-state index in [2.05, 4.69) is 15.5 Å². The summed E-state index contributed by atoms with van der Waals surface area (Å²) in [5, 5.41) is 22.1. The first-order chi connectivity index (χ1) is 8.70. The number of hydrogen-bond donors (Lipinski definition) is 1. The van der Waals surface area contributed by atoms with Gasteiger partial charge in [0, 0.05) is 7.11 Å². The maximum atomic E-state index is 10.7. The van der Waals surface area contributed by atoms with E-state index in [4.69, 9.17) is 9.84 Å². The molecule has 0 fully saturated rings. The molecule has 2 rings (SSSR count). The molecular weight excluding hydrogens is 256 g/mol. The number of tetrazole rings is 1. The molecule has 96 valence electrons. The second kappa shape index (κ2) is 5.69. The van der Waals surface area contributed by atoms with Gasteiger partial charge in [-0.25, -0.2) is 4.68 Å². The molecule has 1 atom stereocenters. The first-order valence-electron chi connectivity index (χ1n) is 5.25. The van der Waals surface area contributed by atoms with E-state index in [9.17, 15) is 4.79 Å². The summed E-state index contributed by atoms with van der Waals surface area (Å²) in [6.45, 7) is 0.309. The zero-order valence-electron chi connectivity index (χ0n) is 9.68. The van der Waals surface area contributed by atoms with Gasteiger partial charge in [0.2, 0.25) is 0 Å². The second-order valence-electron chi connectivity index (χ2n) is 3.62. The van der Waals surface area contributed by atoms with Gasteiger partial charge >= 0.3 is 5.97 Å². The quantitative estimate of drug-likeness (QED) is 0.836. The molecule has 8 heteroatoms. The zero-order valence-corrected chi connectivity index (χ0v) is 10.5. The smallest absolute Gasteiger partial charge is 0.306 e. The van der Waals surface area contributed by atoms with E-state index in [1.54, 1.807) is 4.68 Å². The van der Waals surface area contributed by atoms with E-state index in [0.29, 0.717) is 12.4 Å². The van der Waals surface area contributed by atoms with Gasteiger partial charge in [0.25, 0.3) is 0 Å². The van der Waals surface area contributed by atoms with Crippen LogP contribution in [-0.4, -0.2) is 44.5 Å². The number of aliphatic carboxylic acids is 1. The summed E-state index contributed by atoms with van der Waals surface area (Å²) in [6, 6.07) is 3.82. The first kappa shape index (κ1) is 12.7. The van der Waals surface area contributed by atoms with Crippen LogP contribution in [0.5, 0.6) is 0 Å². The molecule has 0 aliphatic carbocycles. The summed E-state index contributed by atoms with van der Waals surface area (Å²) < 4.78 is 6.67. The Labute approximate surface area is 107 Å². The minimum absolute atomic E-state index is 0.0831. The van der Waals surface area contributed by atoms with Gasteiger partial charge in [-0.15, -0.1) is 16.4 Å². The number of carbonyl (C=O) groups is 1. The molecule has 0 saturated carbocycles. The summed E-state index contributed by atoms with van der Waals surface area (Å²) in [6.07, 6.45) is -0.537. The molecule has 0 spiro atoms. The third-order valence-electron chi connectivity index (χ3n) is 2.39. The first-order valence-corrected chi connectivity index (χ1v) is 6.13. The summed E-state index contributed by atoms with van der Waals surface area (Å²) in [4.78, 5) is 11.6. The highest BCUT2D eigenvalue weighted by Gasteiger charge is 2.17. The maximum absolute atomic E-state index is 10.7. The van der Waals surface area contributed by atoms with Crippen LogP contribution in [0.25, 0.3) is 10.7 Å². The Morgan fingerprint density at radius 2 is 2.50 bits per heavy atom. The van der Waals surface area contributed by atoms with E-state index in [1.807, 2.05) is 17.5 Å². The molecule has 1 unspecified atom stereocenters. The van der Waals surface area contributed by atoms with E-state index in [1.165, 1.54) is 18.4 Å². The number of aromatic nitrogens is 4. The van der Waals surface area contributed by atoms with Gasteiger partial charge in [-0.05, 0) is 21.9 Å². The van der Waals surface area contributed by atoms with Gasteiger partial charge in [-0.2, -0.15) is 0 Å². The monoisotopic (exact) mass is 268 g/mol. The minimum atomic E-state index is -0.910. The number of thiophene rings is 1. The van der Waals surface area contributed by atoms with Crippen LogP contribution >= 0.6 is 11.3 Å². The van der Waals surface area contributed by atoms with Crippen LogP contribution < -0.4 is 0 Å². The molecular formula is C10H12N4O3S. The fourth-order valence-corrected chi connectivity index (χ4v) is 2.23. The van der Waals surface area contributed by atoms with Crippen LogP contribution in [0.15, 0.2) is 17.5 Å². The van der Waals surface area contributed by atoms with E-state index in [0.717, 1.165) is 4.88 Å². The van der Waals surface area contributed by atoms with Crippen molar-refractivity contribution in [3.63, 3.8) is 0 Å². The van der Waals surface area contributed by atoms with Gasteiger partial charge in [0.05, 0.1) is 23.9 Å². The molecule has 18 heavy (non-hydrogen) atoms. The van der Waals surface area contributed by atoms with Gasteiger partial charge < -0.3 is 9.84 Å². The third-order valence-corrected chi connectivity index (χ3v) is 3.25. The normalized spacial score (nSPS) is 12.5. The number of carboxylic acid groups (broad SMARTS) is 1. The number of rotatable bonds is 6. The molecule has 2 heterocycles. The summed E-state index contributed by atoms with van der Waals surface area (Å²) in [5.74, 6) is -0.287. The molecule has 0 aromatic carbocycles. The van der Waals surface area contributed by atoms with Crippen LogP contribution in [0.1, 0.15) is 6.42 Å². The Bertz CT molecular complexity index is 511. The number of nitrogens with zero attached hydrogens (tertiary/aromatic N) is 4. The van der Waals surface area contributed by atoms with Crippen LogP contribution in [0.3, 0.4) is 0 Å². The Hall–Kier alpha value is -1.80. The van der Waals surface area contributed by atoms with Crippen LogP contribution in [-0.2, 0) is 16.1 Å². The van der Waals surface area contributed by atoms with Gasteiger partial charge in [-0.1, -0.05) is 6.07 Å². The molecule has 0 saturated heterocycles. The number of hydrogen-bond acceptors (Lipinski definition) is 6. The lowest BCUT2D eigenvalue weighted by molar-refractivity contribution is -0.139. The number of carboxylic acids is 1. The Balaban J connectivity index is 2.14. The molecule has 0 bridgehead atoms. The van der Waals surface area contributed by atoms with Crippen molar-refractivity contribution in [3.8, 4) is 10.7 Å². The van der Waals surface area contributed by atoms with Crippen molar-refractivity contribution < 1.29 is 14.6 Å². The average molecular weight is 268 g/mol. The lowest BCUT2D eigenvalue weighted by Gasteiger charge is -2.13. The molecule has 1 N–H and O–H groups in total. The molecule has 2 aromatic rings. The lowest BCUT2D eigenvalue weighted by Crippen LogP contribution is -2.23. The van der Waals surface area contributed by atoms with Crippen molar-refractivity contribution in [3.05, 3.63) is 17.5 Å². The summed E-state index contributed by atoms with van der Waals surface area (Å²) in [5.41, 5.74) is 0. The highest BCUT2D eigenvalue weighted by atomic mass is 32.1. The Morgan fingerprint density at radius 3 is 3.11 bits per heavy atom. The summed E-state index contributed by atoms with van der Waals surface area (Å²) in [7, 11) is 1.47. The van der Waals surface area contributed by atoms with Crippen molar-refractivity contribution in [1.82, 2.24) is 20.2 Å². The molecule has 0 radical (unpaired) electrons. The number of methoxy groups -OCH3 is 1. The van der Waals surface area contributed by atoms with E-state index >= 15 is 0 Å². The molecule has 0 aliphatic rings. The topological polar surface area (TPSA) is 90.1 Å². The van der Waals surface area contributed by atoms with Crippen molar-refractivity contribution in [1.29, 1.82) is 0 Å². The second-order valence-corrected chi connectivity index (χ2v) is 4.57. The largest absolute Gasteiger partial charge is 0.481 e. The van der Waals surface area contributed by atoms with Gasteiger partial charge in [0.1, 0.15) is 0 Å². The van der Waals surface area contributed by atoms with Gasteiger partial charge in [-0.3, -0.25) is 4.79 Å². The summed E-state index contributed by atoms with van der Waals surface area (Å²) >= 11 is 1.52. The van der Waals surface area contributed by atoms with Crippen LogP contribution in [0, 0.1) is 0 Å². The van der Waals surface area contributed by atoms with Crippen molar-refractivity contribution in [2.24, 2.45) is 0 Å².